The Balaban J connectivity index is 2.32. The van der Waals surface area contributed by atoms with Crippen molar-refractivity contribution in [1.29, 1.82) is 0 Å². The second-order valence-electron chi connectivity index (χ2n) is 3.64. The Morgan fingerprint density at radius 3 is 2.68 bits per heavy atom. The molecule has 0 atom stereocenters. The molecule has 1 N–H and O–H groups in total. The highest BCUT2D eigenvalue weighted by atomic mass is 32.2. The van der Waals surface area contributed by atoms with Crippen LogP contribution >= 0.6 is 11.8 Å². The van der Waals surface area contributed by atoms with E-state index in [1.54, 1.807) is 31.4 Å². The fourth-order valence-electron chi connectivity index (χ4n) is 1.47. The van der Waals surface area contributed by atoms with E-state index in [0.29, 0.717) is 5.75 Å². The molecule has 0 radical (unpaired) electrons. The van der Waals surface area contributed by atoms with Gasteiger partial charge in [0.15, 0.2) is 17.5 Å². The number of benzene rings is 1. The Bertz CT molecular complexity index is 593. The van der Waals surface area contributed by atoms with Gasteiger partial charge < -0.3 is 10.1 Å². The standard InChI is InChI=1S/C13H12F2N2OS/c1-16-12-10(14)7-11(15)13(17-12)19-9-5-3-4-8(6-9)18-2/h3-7H,1-2H3,(H,16,17). The van der Waals surface area contributed by atoms with Crippen LogP contribution in [0.3, 0.4) is 0 Å². The second-order valence-corrected chi connectivity index (χ2v) is 4.70. The predicted molar refractivity (Wildman–Crippen MR) is 70.8 cm³/mol. The van der Waals surface area contributed by atoms with Gasteiger partial charge in [-0.3, -0.25) is 0 Å². The molecule has 3 nitrogen and oxygen atoms in total. The van der Waals surface area contributed by atoms with E-state index in [1.807, 2.05) is 0 Å². The monoisotopic (exact) mass is 282 g/mol. The molecule has 2 aromatic rings. The van der Waals surface area contributed by atoms with Crippen LogP contribution in [-0.4, -0.2) is 19.1 Å². The van der Waals surface area contributed by atoms with E-state index in [0.717, 1.165) is 22.7 Å². The summed E-state index contributed by atoms with van der Waals surface area (Å²) in [6, 6.07) is 7.96. The van der Waals surface area contributed by atoms with Crippen LogP contribution in [0.2, 0.25) is 0 Å². The summed E-state index contributed by atoms with van der Waals surface area (Å²) >= 11 is 1.11. The van der Waals surface area contributed by atoms with Crippen LogP contribution in [0, 0.1) is 11.6 Å². The summed E-state index contributed by atoms with van der Waals surface area (Å²) in [5.41, 5.74) is 0. The van der Waals surface area contributed by atoms with Crippen molar-refractivity contribution in [2.45, 2.75) is 9.92 Å². The Morgan fingerprint density at radius 1 is 1.21 bits per heavy atom. The molecule has 0 aliphatic rings. The lowest BCUT2D eigenvalue weighted by Gasteiger charge is -2.07. The number of nitrogens with zero attached hydrogens (tertiary/aromatic N) is 1. The number of ether oxygens (including phenoxy) is 1. The number of methoxy groups -OCH3 is 1. The Kier molecular flexibility index (Phi) is 4.21. The minimum atomic E-state index is -0.713. The first-order chi connectivity index (χ1) is 9.13. The van der Waals surface area contributed by atoms with Gasteiger partial charge in [0.05, 0.1) is 7.11 Å². The van der Waals surface area contributed by atoms with Gasteiger partial charge in [-0.05, 0) is 18.2 Å². The Morgan fingerprint density at radius 2 is 2.00 bits per heavy atom. The topological polar surface area (TPSA) is 34.2 Å². The van der Waals surface area contributed by atoms with Gasteiger partial charge in [-0.1, -0.05) is 17.8 Å². The molecule has 0 unspecified atom stereocenters. The molecule has 1 aromatic heterocycles. The van der Waals surface area contributed by atoms with E-state index in [9.17, 15) is 8.78 Å². The molecule has 6 heteroatoms. The minimum absolute atomic E-state index is 0.0202. The number of rotatable bonds is 4. The Labute approximate surface area is 114 Å². The number of nitrogens with one attached hydrogen (secondary N) is 1. The normalized spacial score (nSPS) is 10.3. The minimum Gasteiger partial charge on any atom is -0.497 e. The molecular weight excluding hydrogens is 270 g/mol. The van der Waals surface area contributed by atoms with E-state index < -0.39 is 11.6 Å². The van der Waals surface area contributed by atoms with Crippen LogP contribution in [-0.2, 0) is 0 Å². The smallest absolute Gasteiger partial charge is 0.168 e. The average Bonchev–Trinajstić information content (AvgIpc) is 2.42. The van der Waals surface area contributed by atoms with Crippen molar-refractivity contribution in [2.75, 3.05) is 19.5 Å². The van der Waals surface area contributed by atoms with Gasteiger partial charge in [0, 0.05) is 18.0 Å². The van der Waals surface area contributed by atoms with Gasteiger partial charge in [0.25, 0.3) is 0 Å². The molecule has 0 fully saturated rings. The van der Waals surface area contributed by atoms with Crippen LogP contribution in [0.5, 0.6) is 5.75 Å². The zero-order valence-electron chi connectivity index (χ0n) is 10.4. The number of anilines is 1. The highest BCUT2D eigenvalue weighted by Crippen LogP contribution is 2.31. The van der Waals surface area contributed by atoms with Crippen molar-refractivity contribution in [3.8, 4) is 5.75 Å². The van der Waals surface area contributed by atoms with Crippen molar-refractivity contribution in [3.63, 3.8) is 0 Å². The molecule has 1 heterocycles. The number of aromatic nitrogens is 1. The molecule has 0 saturated carbocycles. The van der Waals surface area contributed by atoms with Crippen molar-refractivity contribution in [1.82, 2.24) is 4.98 Å². The summed E-state index contributed by atoms with van der Waals surface area (Å²) in [5, 5.41) is 2.69. The summed E-state index contributed by atoms with van der Waals surface area (Å²) in [5.74, 6) is -0.715. The third-order valence-electron chi connectivity index (χ3n) is 2.39. The molecule has 0 spiro atoms. The summed E-state index contributed by atoms with van der Waals surface area (Å²) in [7, 11) is 3.09. The van der Waals surface area contributed by atoms with E-state index >= 15 is 0 Å². The highest BCUT2D eigenvalue weighted by Gasteiger charge is 2.12. The molecule has 1 aromatic carbocycles. The van der Waals surface area contributed by atoms with Crippen molar-refractivity contribution >= 4 is 17.6 Å². The SMILES string of the molecule is CNc1nc(Sc2cccc(OC)c2)c(F)cc1F. The highest BCUT2D eigenvalue weighted by molar-refractivity contribution is 7.99. The van der Waals surface area contributed by atoms with Crippen LogP contribution in [0.25, 0.3) is 0 Å². The molecular formula is C13H12F2N2OS. The van der Waals surface area contributed by atoms with E-state index in [1.165, 1.54) is 7.05 Å². The average molecular weight is 282 g/mol. The van der Waals surface area contributed by atoms with E-state index in [2.05, 4.69) is 10.3 Å². The zero-order chi connectivity index (χ0) is 13.8. The third-order valence-corrected chi connectivity index (χ3v) is 3.36. The maximum atomic E-state index is 13.7. The first kappa shape index (κ1) is 13.6. The first-order valence-electron chi connectivity index (χ1n) is 5.49. The van der Waals surface area contributed by atoms with Crippen LogP contribution < -0.4 is 10.1 Å². The predicted octanol–water partition coefficient (Wildman–Crippen LogP) is 3.56. The number of halogens is 2. The zero-order valence-corrected chi connectivity index (χ0v) is 11.2. The van der Waals surface area contributed by atoms with Gasteiger partial charge in [0.2, 0.25) is 0 Å². The third kappa shape index (κ3) is 3.14. The van der Waals surface area contributed by atoms with Crippen molar-refractivity contribution < 1.29 is 13.5 Å². The van der Waals surface area contributed by atoms with Gasteiger partial charge in [-0.15, -0.1) is 0 Å². The summed E-state index contributed by atoms with van der Waals surface area (Å²) in [4.78, 5) is 4.67. The maximum Gasteiger partial charge on any atom is 0.168 e. The van der Waals surface area contributed by atoms with Crippen molar-refractivity contribution in [3.05, 3.63) is 42.0 Å². The summed E-state index contributed by atoms with van der Waals surface area (Å²) in [6.45, 7) is 0. The van der Waals surface area contributed by atoms with Gasteiger partial charge in [-0.25, -0.2) is 13.8 Å². The number of pyridine rings is 1. The van der Waals surface area contributed by atoms with Gasteiger partial charge in [-0.2, -0.15) is 0 Å². The fraction of sp³-hybridized carbons (Fsp3) is 0.154. The molecule has 0 saturated heterocycles. The van der Waals surface area contributed by atoms with E-state index in [-0.39, 0.29) is 10.8 Å². The molecule has 100 valence electrons. The van der Waals surface area contributed by atoms with Crippen LogP contribution in [0.15, 0.2) is 40.3 Å². The maximum absolute atomic E-state index is 13.7. The van der Waals surface area contributed by atoms with E-state index in [4.69, 9.17) is 4.74 Å². The first-order valence-corrected chi connectivity index (χ1v) is 6.31. The Hall–Kier alpha value is -1.82. The largest absolute Gasteiger partial charge is 0.497 e. The van der Waals surface area contributed by atoms with Gasteiger partial charge >= 0.3 is 0 Å². The molecule has 0 aliphatic heterocycles. The quantitative estimate of drug-likeness (QED) is 0.929. The number of hydrogen-bond donors (Lipinski definition) is 1. The van der Waals surface area contributed by atoms with Crippen LogP contribution in [0.4, 0.5) is 14.6 Å². The fourth-order valence-corrected chi connectivity index (χ4v) is 2.31. The molecule has 19 heavy (non-hydrogen) atoms. The lowest BCUT2D eigenvalue weighted by Crippen LogP contribution is -1.99. The van der Waals surface area contributed by atoms with Gasteiger partial charge in [0.1, 0.15) is 10.8 Å². The number of hydrogen-bond acceptors (Lipinski definition) is 4. The van der Waals surface area contributed by atoms with Crippen LogP contribution in [0.1, 0.15) is 0 Å². The molecule has 0 aliphatic carbocycles. The summed E-state index contributed by atoms with van der Waals surface area (Å²) in [6.07, 6.45) is 0. The molecule has 0 amide bonds. The lowest BCUT2D eigenvalue weighted by atomic mass is 10.3. The summed E-state index contributed by atoms with van der Waals surface area (Å²) < 4.78 is 32.0. The second kappa shape index (κ2) is 5.88. The lowest BCUT2D eigenvalue weighted by molar-refractivity contribution is 0.413. The van der Waals surface area contributed by atoms with Crippen molar-refractivity contribution in [2.24, 2.45) is 0 Å². The molecule has 0 bridgehead atoms. The molecule has 2 rings (SSSR count).